The molecule has 2 aromatic carbocycles. The number of aryl methyl sites for hydroxylation is 1. The van der Waals surface area contributed by atoms with Crippen molar-refractivity contribution >= 4 is 24.0 Å². The zero-order valence-electron chi connectivity index (χ0n) is 26.2. The molecule has 2 amide bonds. The Morgan fingerprint density at radius 3 is 2.70 bits per heavy atom. The Morgan fingerprint density at radius 2 is 1.98 bits per heavy atom. The summed E-state index contributed by atoms with van der Waals surface area (Å²) >= 11 is 0. The Hall–Kier alpha value is -3.56. The fraction of sp³-hybridized carbons (Fsp3) is 0.543. The normalized spacial score (nSPS) is 31.0. The monoisotopic (exact) mass is 600 g/mol. The smallest absolute Gasteiger partial charge is 0.420 e. The first-order chi connectivity index (χ1) is 21.2. The molecule has 5 atom stereocenters. The molecule has 0 saturated carbocycles. The summed E-state index contributed by atoms with van der Waals surface area (Å²) in [6.07, 6.45) is 7.50. The van der Waals surface area contributed by atoms with Gasteiger partial charge < -0.3 is 21.3 Å². The number of unbranched alkanes of at least 4 members (excludes halogenated alkanes) is 1. The molecule has 3 unspecified atom stereocenters. The van der Waals surface area contributed by atoms with Crippen LogP contribution in [-0.2, 0) is 16.8 Å². The summed E-state index contributed by atoms with van der Waals surface area (Å²) in [6.45, 7) is 6.65. The highest BCUT2D eigenvalue weighted by Crippen LogP contribution is 2.48. The third-order valence-electron chi connectivity index (χ3n) is 10.5. The predicted molar refractivity (Wildman–Crippen MR) is 170 cm³/mol. The minimum atomic E-state index is -1.11. The van der Waals surface area contributed by atoms with Gasteiger partial charge >= 0.3 is 5.91 Å². The molecule has 44 heavy (non-hydrogen) atoms. The number of carbonyl (C=O) groups is 2. The molecule has 2 aromatic rings. The average molecular weight is 601 g/mol. The van der Waals surface area contributed by atoms with E-state index in [1.54, 1.807) is 21.6 Å². The standard InChI is InChI=1S/C35H46N5O4/c1-4-6-16-39-32(43)24-11-13-29-26(19-24)28(14-17-44-29)40-30(41)20-34(5-2,38-33(40)37)15-8-7-9-23-10-12-25-22(3)31(42)35(39,21-36)27(25)18-23/h10-13,16,18-19,22,28,31,42H,4-9,14-15,17,20-21,36H2,1-3H3,(H2,37,38)/q+1/t22?,28-,31?,34-,35?/m1/s1. The Balaban J connectivity index is 1.56. The van der Waals surface area contributed by atoms with Gasteiger partial charge in [0.25, 0.3) is 0 Å². The van der Waals surface area contributed by atoms with Gasteiger partial charge in [-0.15, -0.1) is 0 Å². The number of hydrogen-bond acceptors (Lipinski definition) is 7. The number of amides is 2. The second kappa shape index (κ2) is 11.7. The van der Waals surface area contributed by atoms with Crippen LogP contribution in [0.3, 0.4) is 0 Å². The minimum absolute atomic E-state index is 0.0432. The van der Waals surface area contributed by atoms with Crippen LogP contribution in [0.5, 0.6) is 5.75 Å². The second-order valence-corrected chi connectivity index (χ2v) is 13.0. The van der Waals surface area contributed by atoms with E-state index in [0.29, 0.717) is 37.2 Å². The Kier molecular flexibility index (Phi) is 8.13. The van der Waals surface area contributed by atoms with Crippen LogP contribution in [0.25, 0.3) is 0 Å². The predicted octanol–water partition coefficient (Wildman–Crippen LogP) is 4.29. The van der Waals surface area contributed by atoms with Crippen molar-refractivity contribution in [1.29, 1.82) is 0 Å². The van der Waals surface area contributed by atoms with E-state index < -0.39 is 23.2 Å². The van der Waals surface area contributed by atoms with Gasteiger partial charge in [0, 0.05) is 29.9 Å². The van der Waals surface area contributed by atoms with Crippen molar-refractivity contribution < 1.29 is 24.0 Å². The van der Waals surface area contributed by atoms with Crippen LogP contribution in [0, 0.1) is 0 Å². The van der Waals surface area contributed by atoms with E-state index >= 15 is 0 Å². The van der Waals surface area contributed by atoms with Crippen LogP contribution in [0.4, 0.5) is 0 Å². The third-order valence-corrected chi connectivity index (χ3v) is 10.5. The first kappa shape index (κ1) is 30.5. The zero-order valence-corrected chi connectivity index (χ0v) is 26.2. The topological polar surface area (TPSA) is 134 Å². The van der Waals surface area contributed by atoms with Crippen LogP contribution >= 0.6 is 0 Å². The van der Waals surface area contributed by atoms with Gasteiger partial charge in [-0.3, -0.25) is 9.69 Å². The van der Waals surface area contributed by atoms with E-state index in [1.807, 2.05) is 19.2 Å². The lowest BCUT2D eigenvalue weighted by atomic mass is 9.83. The maximum absolute atomic E-state index is 14.7. The summed E-state index contributed by atoms with van der Waals surface area (Å²) in [4.78, 5) is 35.1. The molecule has 7 rings (SSSR count). The molecule has 9 heteroatoms. The van der Waals surface area contributed by atoms with Crippen molar-refractivity contribution in [2.24, 2.45) is 16.5 Å². The lowest BCUT2D eigenvalue weighted by Gasteiger charge is -2.42. The van der Waals surface area contributed by atoms with Crippen molar-refractivity contribution in [3.63, 3.8) is 0 Å². The fourth-order valence-corrected chi connectivity index (χ4v) is 7.95. The first-order valence-corrected chi connectivity index (χ1v) is 16.3. The number of aliphatic hydroxyl groups is 1. The second-order valence-electron chi connectivity index (χ2n) is 13.0. The molecule has 6 bridgehead atoms. The number of guanidine groups is 1. The van der Waals surface area contributed by atoms with Gasteiger partial charge in [0.2, 0.25) is 11.4 Å². The van der Waals surface area contributed by atoms with Crippen molar-refractivity contribution in [3.8, 4) is 5.75 Å². The number of rotatable bonds is 4. The number of aliphatic hydroxyl groups excluding tert-OH is 1. The van der Waals surface area contributed by atoms with Gasteiger partial charge in [0.15, 0.2) is 5.96 Å². The third kappa shape index (κ3) is 4.76. The van der Waals surface area contributed by atoms with Crippen LogP contribution in [0.15, 0.2) is 41.4 Å². The van der Waals surface area contributed by atoms with Crippen LogP contribution in [0.2, 0.25) is 0 Å². The van der Waals surface area contributed by atoms with Crippen molar-refractivity contribution in [3.05, 3.63) is 64.2 Å². The van der Waals surface area contributed by atoms with Crippen molar-refractivity contribution in [2.75, 3.05) is 13.2 Å². The molecule has 4 aliphatic heterocycles. The summed E-state index contributed by atoms with van der Waals surface area (Å²) in [5.41, 5.74) is 15.9. The number of benzene rings is 2. The van der Waals surface area contributed by atoms with E-state index in [4.69, 9.17) is 21.2 Å². The quantitative estimate of drug-likeness (QED) is 0.449. The largest absolute Gasteiger partial charge is 0.493 e. The summed E-state index contributed by atoms with van der Waals surface area (Å²) < 4.78 is 7.71. The lowest BCUT2D eigenvalue weighted by molar-refractivity contribution is -0.538. The van der Waals surface area contributed by atoms with Gasteiger partial charge in [-0.05, 0) is 67.5 Å². The Bertz CT molecular complexity index is 1530. The summed E-state index contributed by atoms with van der Waals surface area (Å²) in [5, 5.41) is 11.9. The molecular formula is C35H46N5O4+. The number of ether oxygens (including phenoxy) is 1. The SMILES string of the molecule is CCCC=[N+]1C(=O)c2ccc3c(c2)[C@@H](CCO3)N2C(=O)C[C@@](CC)(CCCCc3ccc4c(c3)C1(CN)C(O)C4C)N=C2N. The molecule has 4 heterocycles. The number of nitrogens with two attached hydrogens (primary N) is 2. The number of hydrogen-bond donors (Lipinski definition) is 3. The number of carbonyl (C=O) groups excluding carboxylic acids is 2. The molecular weight excluding hydrogens is 554 g/mol. The maximum atomic E-state index is 14.7. The van der Waals surface area contributed by atoms with E-state index in [1.165, 1.54) is 0 Å². The summed E-state index contributed by atoms with van der Waals surface area (Å²) in [7, 11) is 0. The number of fused-ring (bicyclic) bond motifs is 5. The van der Waals surface area contributed by atoms with Crippen molar-refractivity contribution in [1.82, 2.24) is 4.90 Å². The lowest BCUT2D eigenvalue weighted by Crippen LogP contribution is -2.55. The molecule has 0 aromatic heterocycles. The molecule has 0 fully saturated rings. The van der Waals surface area contributed by atoms with E-state index in [0.717, 1.165) is 60.8 Å². The Morgan fingerprint density at radius 1 is 1.16 bits per heavy atom. The van der Waals surface area contributed by atoms with Gasteiger partial charge in [0.05, 0.1) is 36.7 Å². The van der Waals surface area contributed by atoms with E-state index in [9.17, 15) is 14.7 Å². The van der Waals surface area contributed by atoms with E-state index in [2.05, 4.69) is 32.0 Å². The highest BCUT2D eigenvalue weighted by molar-refractivity contribution is 6.00. The van der Waals surface area contributed by atoms with Gasteiger partial charge in [-0.1, -0.05) is 39.3 Å². The number of aliphatic imine (C=N–C) groups is 1. The molecule has 234 valence electrons. The Labute approximate surface area is 260 Å². The fourth-order valence-electron chi connectivity index (χ4n) is 7.95. The summed E-state index contributed by atoms with van der Waals surface area (Å²) in [6, 6.07) is 11.4. The molecule has 9 nitrogen and oxygen atoms in total. The van der Waals surface area contributed by atoms with Gasteiger partial charge in [-0.2, -0.15) is 4.58 Å². The molecule has 0 spiro atoms. The van der Waals surface area contributed by atoms with Crippen LogP contribution in [0.1, 0.15) is 117 Å². The highest BCUT2D eigenvalue weighted by atomic mass is 16.5. The number of nitrogens with zero attached hydrogens (tertiary/aromatic N) is 3. The molecule has 0 saturated heterocycles. The minimum Gasteiger partial charge on any atom is -0.493 e. The van der Waals surface area contributed by atoms with Crippen molar-refractivity contribution in [2.45, 2.75) is 108 Å². The van der Waals surface area contributed by atoms with Gasteiger partial charge in [0.1, 0.15) is 18.1 Å². The molecule has 1 aliphatic carbocycles. The van der Waals surface area contributed by atoms with E-state index in [-0.39, 0.29) is 30.2 Å². The molecule has 5 N–H and O–H groups in total. The van der Waals surface area contributed by atoms with Crippen LogP contribution < -0.4 is 16.2 Å². The van der Waals surface area contributed by atoms with Crippen LogP contribution in [-0.4, -0.2) is 63.4 Å². The average Bonchev–Trinajstić information content (AvgIpc) is 3.24. The molecule has 5 aliphatic rings. The maximum Gasteiger partial charge on any atom is 0.420 e. The highest BCUT2D eigenvalue weighted by Gasteiger charge is 2.60. The molecule has 0 radical (unpaired) electrons. The summed E-state index contributed by atoms with van der Waals surface area (Å²) in [5.74, 6) is 0.378. The zero-order chi connectivity index (χ0) is 31.2. The first-order valence-electron chi connectivity index (χ1n) is 16.3. The van der Waals surface area contributed by atoms with Gasteiger partial charge in [-0.25, -0.2) is 9.79 Å².